The van der Waals surface area contributed by atoms with E-state index in [1.807, 2.05) is 0 Å². The molecule has 16 nitrogen and oxygen atoms in total. The lowest BCUT2D eigenvalue weighted by Gasteiger charge is -2.31. The first-order valence-electron chi connectivity index (χ1n) is 17.4. The average molecular weight is 744 g/mol. The zero-order valence-electron chi connectivity index (χ0n) is 30.1. The Morgan fingerprint density at radius 1 is 1.02 bits per heavy atom. The summed E-state index contributed by atoms with van der Waals surface area (Å²) in [7, 11) is -4.54. The summed E-state index contributed by atoms with van der Waals surface area (Å²) < 4.78 is 58.6. The second kappa shape index (κ2) is 14.7. The van der Waals surface area contributed by atoms with Crippen molar-refractivity contribution in [3.8, 4) is 5.75 Å². The monoisotopic (exact) mass is 743 g/mol. The molecule has 7 atom stereocenters. The molecule has 0 amide bonds. The number of hydrogen-bond donors (Lipinski definition) is 2. The molecule has 3 N–H and O–H groups in total. The van der Waals surface area contributed by atoms with Crippen LogP contribution in [-0.4, -0.2) is 81.8 Å². The standard InChI is InChI=1S/C35H46N5O11P/c1-20(2)30(41)47-28-27(25-12-13-26-29(36)37-19-38-40(25)26)48-34(6)33(35(28,34)49-31(42)21(3)4)51-52(44,50-24-10-8-7-9-11-24)39-22(5)32(43)46-18-23-14-16-45-17-15-23/h7-13,19-23,27-28,33H,14-18H2,1-6H3,(H,39,44)(H2,36,37,38)/t22-,27-,28-,33?,34+,35+,52?/m0/s1. The molecule has 0 spiro atoms. The van der Waals surface area contributed by atoms with Gasteiger partial charge >= 0.3 is 25.7 Å². The van der Waals surface area contributed by atoms with Gasteiger partial charge in [0.1, 0.15) is 41.4 Å². The summed E-state index contributed by atoms with van der Waals surface area (Å²) in [5, 5.41) is 7.05. The maximum atomic E-state index is 14.8. The predicted molar refractivity (Wildman–Crippen MR) is 185 cm³/mol. The highest BCUT2D eigenvalue weighted by molar-refractivity contribution is 7.52. The first kappa shape index (κ1) is 37.7. The van der Waals surface area contributed by atoms with Crippen LogP contribution in [0.4, 0.5) is 5.82 Å². The van der Waals surface area contributed by atoms with Crippen LogP contribution in [0.3, 0.4) is 0 Å². The zero-order valence-corrected chi connectivity index (χ0v) is 30.9. The third-order valence-electron chi connectivity index (χ3n) is 9.63. The number of fused-ring (bicyclic) bond motifs is 2. The van der Waals surface area contributed by atoms with Crippen molar-refractivity contribution < 1.29 is 51.7 Å². The SMILES string of the molecule is CC(C)C(=O)O[C@H]1[C@H](c2ccc3c(N)ncnn23)O[C@]2(C)C(OP(=O)(N[C@@H](C)C(=O)OCC3CCOCC3)Oc3ccccc3)[C@]12OC(=O)C(C)C. The van der Waals surface area contributed by atoms with Gasteiger partial charge in [0.2, 0.25) is 5.60 Å². The molecule has 4 heterocycles. The van der Waals surface area contributed by atoms with Crippen LogP contribution in [0.15, 0.2) is 48.8 Å². The number of carbonyl (C=O) groups excluding carboxylic acids is 3. The largest absolute Gasteiger partial charge is 0.464 e. The summed E-state index contributed by atoms with van der Waals surface area (Å²) >= 11 is 0. The molecule has 2 aromatic heterocycles. The third-order valence-corrected chi connectivity index (χ3v) is 11.3. The highest BCUT2D eigenvalue weighted by Gasteiger charge is 2.91. The normalized spacial score (nSPS) is 27.5. The molecule has 2 unspecified atom stereocenters. The molecule has 3 fully saturated rings. The van der Waals surface area contributed by atoms with Crippen LogP contribution in [0.2, 0.25) is 0 Å². The lowest BCUT2D eigenvalue weighted by atomic mass is 10.0. The van der Waals surface area contributed by atoms with E-state index in [0.29, 0.717) is 24.4 Å². The van der Waals surface area contributed by atoms with E-state index in [0.717, 1.165) is 12.8 Å². The van der Waals surface area contributed by atoms with Crippen LogP contribution < -0.4 is 15.3 Å². The van der Waals surface area contributed by atoms with E-state index >= 15 is 0 Å². The molecular weight excluding hydrogens is 697 g/mol. The second-order valence-electron chi connectivity index (χ2n) is 14.2. The Kier molecular flexibility index (Phi) is 10.7. The van der Waals surface area contributed by atoms with Crippen molar-refractivity contribution in [1.29, 1.82) is 0 Å². The molecule has 0 radical (unpaired) electrons. The van der Waals surface area contributed by atoms with Gasteiger partial charge < -0.3 is 33.9 Å². The molecule has 1 aliphatic carbocycles. The van der Waals surface area contributed by atoms with Crippen LogP contribution in [0.1, 0.15) is 66.2 Å². The topological polar surface area (TPSA) is 201 Å². The minimum Gasteiger partial charge on any atom is -0.464 e. The number of hydrogen-bond acceptors (Lipinski definition) is 14. The summed E-state index contributed by atoms with van der Waals surface area (Å²) in [5.74, 6) is -2.59. The van der Waals surface area contributed by atoms with E-state index in [4.69, 9.17) is 38.5 Å². The number of nitrogens with two attached hydrogens (primary N) is 1. The van der Waals surface area contributed by atoms with Crippen molar-refractivity contribution in [2.45, 2.75) is 89.9 Å². The molecular formula is C35H46N5O11P. The summed E-state index contributed by atoms with van der Waals surface area (Å²) in [6.45, 7) is 11.1. The van der Waals surface area contributed by atoms with Crippen molar-refractivity contribution in [3.05, 3.63) is 54.5 Å². The molecule has 3 aromatic rings. The first-order valence-corrected chi connectivity index (χ1v) is 19.0. The molecule has 6 rings (SSSR count). The van der Waals surface area contributed by atoms with Gasteiger partial charge in [0.25, 0.3) is 0 Å². The minimum absolute atomic E-state index is 0.144. The molecule has 282 valence electrons. The molecule has 52 heavy (non-hydrogen) atoms. The van der Waals surface area contributed by atoms with Crippen molar-refractivity contribution in [2.24, 2.45) is 17.8 Å². The molecule has 2 aliphatic heterocycles. The van der Waals surface area contributed by atoms with Crippen LogP contribution in [0.5, 0.6) is 5.75 Å². The van der Waals surface area contributed by atoms with E-state index in [2.05, 4.69) is 15.2 Å². The van der Waals surface area contributed by atoms with Gasteiger partial charge in [0, 0.05) is 13.2 Å². The molecule has 17 heteroatoms. The van der Waals surface area contributed by atoms with E-state index in [1.165, 1.54) is 17.8 Å². The number of nitrogens with zero attached hydrogens (tertiary/aromatic N) is 3. The van der Waals surface area contributed by atoms with Crippen LogP contribution in [0, 0.1) is 17.8 Å². The highest BCUT2D eigenvalue weighted by Crippen LogP contribution is 2.71. The maximum Gasteiger partial charge on any atom is 0.459 e. The summed E-state index contributed by atoms with van der Waals surface area (Å²) in [6.07, 6.45) is -0.894. The predicted octanol–water partition coefficient (Wildman–Crippen LogP) is 4.18. The summed E-state index contributed by atoms with van der Waals surface area (Å²) in [6, 6.07) is 10.5. The minimum atomic E-state index is -4.54. The van der Waals surface area contributed by atoms with Gasteiger partial charge in [-0.15, -0.1) is 0 Å². The van der Waals surface area contributed by atoms with Gasteiger partial charge in [-0.25, -0.2) is 14.1 Å². The van der Waals surface area contributed by atoms with Gasteiger partial charge in [-0.2, -0.15) is 10.2 Å². The van der Waals surface area contributed by atoms with Crippen LogP contribution in [-0.2, 0) is 47.2 Å². The van der Waals surface area contributed by atoms with Crippen molar-refractivity contribution in [3.63, 3.8) is 0 Å². The van der Waals surface area contributed by atoms with E-state index in [-0.39, 0.29) is 24.1 Å². The summed E-state index contributed by atoms with van der Waals surface area (Å²) in [5.41, 5.74) is 3.65. The number of nitrogens with one attached hydrogen (secondary N) is 1. The average Bonchev–Trinajstić information content (AvgIpc) is 3.37. The number of para-hydroxylation sites is 1. The fourth-order valence-corrected chi connectivity index (χ4v) is 8.31. The van der Waals surface area contributed by atoms with Crippen molar-refractivity contribution >= 4 is 37.0 Å². The third kappa shape index (κ3) is 7.14. The zero-order chi connectivity index (χ0) is 37.4. The van der Waals surface area contributed by atoms with Gasteiger partial charge in [0.05, 0.1) is 24.1 Å². The van der Waals surface area contributed by atoms with Crippen LogP contribution in [0.25, 0.3) is 5.52 Å². The Morgan fingerprint density at radius 3 is 2.38 bits per heavy atom. The molecule has 2 saturated heterocycles. The van der Waals surface area contributed by atoms with Gasteiger partial charge in [-0.3, -0.25) is 18.9 Å². The van der Waals surface area contributed by atoms with Crippen molar-refractivity contribution in [2.75, 3.05) is 25.6 Å². The molecule has 1 saturated carbocycles. The number of esters is 3. The Hall–Kier alpha value is -4.08. The number of benzene rings is 1. The number of aromatic nitrogens is 3. The fraction of sp³-hybridized carbons (Fsp3) is 0.571. The number of anilines is 1. The second-order valence-corrected chi connectivity index (χ2v) is 15.8. The number of rotatable bonds is 14. The number of nitrogen functional groups attached to an aromatic ring is 1. The highest BCUT2D eigenvalue weighted by atomic mass is 31.2. The van der Waals surface area contributed by atoms with E-state index < -0.39 is 73.0 Å². The van der Waals surface area contributed by atoms with Crippen LogP contribution >= 0.6 is 7.75 Å². The molecule has 0 bridgehead atoms. The first-order chi connectivity index (χ1) is 24.7. The Balaban J connectivity index is 1.35. The Morgan fingerprint density at radius 2 is 1.71 bits per heavy atom. The fourth-order valence-electron chi connectivity index (χ4n) is 6.54. The van der Waals surface area contributed by atoms with Gasteiger partial charge in [-0.1, -0.05) is 45.9 Å². The Bertz CT molecular complexity index is 1830. The van der Waals surface area contributed by atoms with Gasteiger partial charge in [0.15, 0.2) is 11.9 Å². The van der Waals surface area contributed by atoms with Gasteiger partial charge in [-0.05, 0) is 56.9 Å². The smallest absolute Gasteiger partial charge is 0.459 e. The lowest BCUT2D eigenvalue weighted by Crippen LogP contribution is -2.45. The number of ether oxygens (including phenoxy) is 5. The molecule has 1 aromatic carbocycles. The van der Waals surface area contributed by atoms with Crippen molar-refractivity contribution in [1.82, 2.24) is 19.7 Å². The number of carbonyl (C=O) groups is 3. The maximum absolute atomic E-state index is 14.8. The summed E-state index contributed by atoms with van der Waals surface area (Å²) in [4.78, 5) is 44.0. The Labute approximate surface area is 301 Å². The van der Waals surface area contributed by atoms with E-state index in [1.54, 1.807) is 77.1 Å². The quantitative estimate of drug-likeness (QED) is 0.135. The van der Waals surface area contributed by atoms with E-state index in [9.17, 15) is 18.9 Å². The lowest BCUT2D eigenvalue weighted by molar-refractivity contribution is -0.181. The molecule has 3 aliphatic rings.